The van der Waals surface area contributed by atoms with E-state index in [2.05, 4.69) is 39.4 Å². The van der Waals surface area contributed by atoms with E-state index in [1.54, 1.807) is 30.4 Å². The molecule has 0 aliphatic heterocycles. The first-order valence-corrected chi connectivity index (χ1v) is 14.3. The van der Waals surface area contributed by atoms with Crippen molar-refractivity contribution in [2.75, 3.05) is 16.4 Å². The molecular weight excluding hydrogens is 489 g/mol. The van der Waals surface area contributed by atoms with Gasteiger partial charge >= 0.3 is 31.1 Å². The molecule has 2 rings (SSSR count). The van der Waals surface area contributed by atoms with Crippen molar-refractivity contribution in [3.63, 3.8) is 0 Å². The SMILES string of the molecule is C=C/C=c1/c(C(=O)NCC(=O)C2CCCC2C#N)ccn/c1=C/C=C.CC.C[I-]C. The average molecular weight is 522 g/mol. The number of pyridine rings is 1. The fraction of sp³-hybridized carbons (Fsp3) is 0.417. The molecule has 2 atom stereocenters. The summed E-state index contributed by atoms with van der Waals surface area (Å²) in [6.45, 7) is 11.2. The maximum atomic E-state index is 12.5. The number of hydrogen-bond donors (Lipinski definition) is 1. The summed E-state index contributed by atoms with van der Waals surface area (Å²) >= 11 is 0.590. The number of nitrogens with zero attached hydrogens (tertiary/aromatic N) is 2. The van der Waals surface area contributed by atoms with Gasteiger partial charge in [0.2, 0.25) is 0 Å². The standard InChI is InChI=1S/C20H21N3O2.C2H6I.C2H6/c1-3-6-16-17(10-11-22-18(16)7-4-2)20(25)23-13-19(24)15-9-5-8-14(15)12-21;1-3-2;1-2/h3-4,6-7,10-11,14-15H,1-2,5,8-9,13H2,(H,23,25);1-2H3;1-2H3/q;-1;/b16-6-,18-7+;;. The zero-order valence-corrected chi connectivity index (χ0v) is 20.6. The number of carbonyl (C=O) groups excluding carboxylic acids is 2. The Balaban J connectivity index is 0.00000154. The number of aromatic nitrogens is 1. The minimum absolute atomic E-state index is 0.0714. The van der Waals surface area contributed by atoms with Crippen LogP contribution in [0.1, 0.15) is 43.5 Å². The van der Waals surface area contributed by atoms with E-state index in [1.165, 1.54) is 6.20 Å². The van der Waals surface area contributed by atoms with Crippen LogP contribution in [0.4, 0.5) is 0 Å². The molecule has 30 heavy (non-hydrogen) atoms. The molecule has 0 saturated heterocycles. The number of carbonyl (C=O) groups is 2. The van der Waals surface area contributed by atoms with Crippen LogP contribution in [0.25, 0.3) is 12.2 Å². The van der Waals surface area contributed by atoms with E-state index in [1.807, 2.05) is 13.8 Å². The molecule has 1 aromatic heterocycles. The number of hydrogen-bond acceptors (Lipinski definition) is 4. The first-order valence-electron chi connectivity index (χ1n) is 9.99. The third kappa shape index (κ3) is 8.62. The molecule has 0 aromatic carbocycles. The molecule has 1 heterocycles. The summed E-state index contributed by atoms with van der Waals surface area (Å²) in [5.74, 6) is -0.942. The van der Waals surface area contributed by atoms with E-state index in [4.69, 9.17) is 5.26 Å². The maximum absolute atomic E-state index is 12.5. The van der Waals surface area contributed by atoms with Crippen molar-refractivity contribution in [2.45, 2.75) is 33.1 Å². The van der Waals surface area contributed by atoms with Crippen molar-refractivity contribution in [3.8, 4) is 6.07 Å². The molecule has 0 radical (unpaired) electrons. The number of nitriles is 1. The van der Waals surface area contributed by atoms with Gasteiger partial charge in [-0.15, -0.1) is 0 Å². The number of halogens is 1. The predicted octanol–water partition coefficient (Wildman–Crippen LogP) is -0.385. The molecule has 1 saturated carbocycles. The van der Waals surface area contributed by atoms with Gasteiger partial charge in [-0.3, -0.25) is 14.6 Å². The Kier molecular flexibility index (Phi) is 15.3. The Hall–Kier alpha value is -2.27. The van der Waals surface area contributed by atoms with E-state index in [9.17, 15) is 9.59 Å². The molecular formula is C24H33IN3O2-. The Labute approximate surface area is 190 Å². The van der Waals surface area contributed by atoms with Crippen molar-refractivity contribution in [1.82, 2.24) is 10.3 Å². The van der Waals surface area contributed by atoms with Gasteiger partial charge < -0.3 is 5.32 Å². The quantitative estimate of drug-likeness (QED) is 0.408. The molecule has 1 aliphatic carbocycles. The molecule has 164 valence electrons. The van der Waals surface area contributed by atoms with Crippen LogP contribution in [0.5, 0.6) is 0 Å². The number of Topliss-reactive ketones (excluding diaryl/α,β-unsaturated/α-hetero) is 1. The molecule has 5 nitrogen and oxygen atoms in total. The van der Waals surface area contributed by atoms with Crippen molar-refractivity contribution in [3.05, 3.63) is 53.7 Å². The summed E-state index contributed by atoms with van der Waals surface area (Å²) in [6, 6.07) is 3.79. The van der Waals surface area contributed by atoms with Gasteiger partial charge in [-0.25, -0.2) is 0 Å². The monoisotopic (exact) mass is 522 g/mol. The van der Waals surface area contributed by atoms with E-state index in [0.717, 1.165) is 19.3 Å². The van der Waals surface area contributed by atoms with Crippen LogP contribution >= 0.6 is 0 Å². The van der Waals surface area contributed by atoms with Gasteiger partial charge in [-0.05, 0) is 25.0 Å². The fourth-order valence-electron chi connectivity index (χ4n) is 3.12. The molecule has 1 N–H and O–H groups in total. The molecule has 0 bridgehead atoms. The average Bonchev–Trinajstić information content (AvgIpc) is 3.24. The van der Waals surface area contributed by atoms with Gasteiger partial charge in [-0.2, -0.15) is 5.26 Å². The van der Waals surface area contributed by atoms with Gasteiger partial charge in [0.15, 0.2) is 5.78 Å². The van der Waals surface area contributed by atoms with E-state index < -0.39 is 0 Å². The van der Waals surface area contributed by atoms with Crippen molar-refractivity contribution in [2.24, 2.45) is 11.8 Å². The third-order valence-electron chi connectivity index (χ3n) is 4.34. The molecule has 1 amide bonds. The Morgan fingerprint density at radius 2 is 1.90 bits per heavy atom. The van der Waals surface area contributed by atoms with E-state index in [-0.39, 0.29) is 30.1 Å². The Morgan fingerprint density at radius 3 is 2.47 bits per heavy atom. The first kappa shape index (κ1) is 27.7. The van der Waals surface area contributed by atoms with Crippen molar-refractivity contribution < 1.29 is 30.8 Å². The summed E-state index contributed by atoms with van der Waals surface area (Å²) in [5, 5.41) is 13.0. The number of allylic oxidation sites excluding steroid dienone is 2. The Morgan fingerprint density at radius 1 is 1.27 bits per heavy atom. The van der Waals surface area contributed by atoms with Gasteiger partial charge in [0.25, 0.3) is 5.91 Å². The van der Waals surface area contributed by atoms with E-state index in [0.29, 0.717) is 37.3 Å². The van der Waals surface area contributed by atoms with Gasteiger partial charge in [0, 0.05) is 17.3 Å². The molecule has 6 heteroatoms. The van der Waals surface area contributed by atoms with Crippen molar-refractivity contribution in [1.29, 1.82) is 5.26 Å². The molecule has 1 aromatic rings. The summed E-state index contributed by atoms with van der Waals surface area (Å²) < 4.78 is 0. The topological polar surface area (TPSA) is 82.9 Å². The zero-order valence-electron chi connectivity index (χ0n) is 18.5. The summed E-state index contributed by atoms with van der Waals surface area (Å²) in [5.41, 5.74) is 0.416. The third-order valence-corrected chi connectivity index (χ3v) is 4.34. The Bertz CT molecular complexity index is 871. The number of ketones is 1. The molecule has 2 unspecified atom stereocenters. The predicted molar refractivity (Wildman–Crippen MR) is 120 cm³/mol. The van der Waals surface area contributed by atoms with Crippen LogP contribution in [0.3, 0.4) is 0 Å². The second-order valence-corrected chi connectivity index (χ2v) is 8.42. The number of nitrogens with one attached hydrogen (secondary N) is 1. The van der Waals surface area contributed by atoms with Gasteiger partial charge in [-0.1, -0.05) is 51.7 Å². The number of alkyl halides is 2. The van der Waals surface area contributed by atoms with Crippen LogP contribution in [-0.2, 0) is 4.79 Å². The number of rotatable bonds is 6. The zero-order chi connectivity index (χ0) is 22.9. The van der Waals surface area contributed by atoms with Gasteiger partial charge in [0.1, 0.15) is 0 Å². The van der Waals surface area contributed by atoms with Crippen LogP contribution in [-0.4, -0.2) is 33.1 Å². The second kappa shape index (κ2) is 16.5. The fourth-order valence-corrected chi connectivity index (χ4v) is 3.12. The summed E-state index contributed by atoms with van der Waals surface area (Å²) in [6.07, 6.45) is 10.5. The normalized spacial score (nSPS) is 18.2. The minimum atomic E-state index is -0.353. The molecule has 1 fully saturated rings. The first-order chi connectivity index (χ1) is 14.5. The summed E-state index contributed by atoms with van der Waals surface area (Å²) in [7, 11) is 0. The second-order valence-electron chi connectivity index (χ2n) is 6.26. The summed E-state index contributed by atoms with van der Waals surface area (Å²) in [4.78, 5) is 33.5. The molecule has 0 spiro atoms. The molecule has 1 aliphatic rings. The van der Waals surface area contributed by atoms with Crippen LogP contribution in [0, 0.1) is 23.2 Å². The van der Waals surface area contributed by atoms with Crippen LogP contribution in [0.15, 0.2) is 37.6 Å². The van der Waals surface area contributed by atoms with E-state index >= 15 is 0 Å². The van der Waals surface area contributed by atoms with Crippen molar-refractivity contribution >= 4 is 23.8 Å². The van der Waals surface area contributed by atoms with Crippen LogP contribution < -0.4 is 37.1 Å². The van der Waals surface area contributed by atoms with Crippen LogP contribution in [0.2, 0.25) is 0 Å². The number of amides is 1. The van der Waals surface area contributed by atoms with Gasteiger partial charge in [0.05, 0.1) is 29.4 Å².